The number of aliphatic hydroxyl groups excluding tert-OH is 3. The first-order valence-electron chi connectivity index (χ1n) is 5.94. The molecule has 0 amide bonds. The highest BCUT2D eigenvalue weighted by Crippen LogP contribution is 2.27. The van der Waals surface area contributed by atoms with Gasteiger partial charge in [-0.3, -0.25) is 0 Å². The molecule has 0 aromatic carbocycles. The van der Waals surface area contributed by atoms with Crippen LogP contribution in [0.15, 0.2) is 24.0 Å². The SMILES string of the molecule is COC(=O)C1=CN(C2OC(CO)C(O)C2O)C=CC1. The molecule has 2 rings (SSSR count). The van der Waals surface area contributed by atoms with Crippen LogP contribution < -0.4 is 0 Å². The van der Waals surface area contributed by atoms with Gasteiger partial charge in [-0.25, -0.2) is 4.79 Å². The Morgan fingerprint density at radius 2 is 2.26 bits per heavy atom. The van der Waals surface area contributed by atoms with Gasteiger partial charge in [0.2, 0.25) is 0 Å². The van der Waals surface area contributed by atoms with Gasteiger partial charge in [-0.1, -0.05) is 6.08 Å². The summed E-state index contributed by atoms with van der Waals surface area (Å²) in [6.07, 6.45) is 1.28. The summed E-state index contributed by atoms with van der Waals surface area (Å²) in [5.74, 6) is -0.457. The first kappa shape index (κ1) is 14.0. The Morgan fingerprint density at radius 1 is 1.53 bits per heavy atom. The minimum Gasteiger partial charge on any atom is -0.466 e. The Kier molecular flexibility index (Phi) is 4.20. The van der Waals surface area contributed by atoms with E-state index in [-0.39, 0.29) is 6.61 Å². The lowest BCUT2D eigenvalue weighted by Crippen LogP contribution is -2.40. The van der Waals surface area contributed by atoms with Crippen LogP contribution in [0.25, 0.3) is 0 Å². The number of methoxy groups -OCH3 is 1. The Labute approximate surface area is 110 Å². The lowest BCUT2D eigenvalue weighted by atomic mass is 10.1. The maximum Gasteiger partial charge on any atom is 0.335 e. The van der Waals surface area contributed by atoms with Gasteiger partial charge in [0.25, 0.3) is 0 Å². The molecule has 7 heteroatoms. The fourth-order valence-corrected chi connectivity index (χ4v) is 2.13. The van der Waals surface area contributed by atoms with E-state index >= 15 is 0 Å². The van der Waals surface area contributed by atoms with Gasteiger partial charge in [0.15, 0.2) is 6.23 Å². The van der Waals surface area contributed by atoms with Crippen molar-refractivity contribution in [2.45, 2.75) is 31.0 Å². The Morgan fingerprint density at radius 3 is 2.84 bits per heavy atom. The molecule has 0 bridgehead atoms. The van der Waals surface area contributed by atoms with Crippen LogP contribution in [0.2, 0.25) is 0 Å². The monoisotopic (exact) mass is 271 g/mol. The van der Waals surface area contributed by atoms with Gasteiger partial charge in [0.1, 0.15) is 18.3 Å². The van der Waals surface area contributed by atoms with Crippen molar-refractivity contribution in [1.82, 2.24) is 4.90 Å². The summed E-state index contributed by atoms with van der Waals surface area (Å²) in [5, 5.41) is 28.6. The summed E-state index contributed by atoms with van der Waals surface area (Å²) in [5.41, 5.74) is 0.419. The standard InChI is InChI=1S/C12H17NO6/c1-18-12(17)7-3-2-4-13(5-7)11-10(16)9(15)8(6-14)19-11/h2,4-5,8-11,14-16H,3,6H2,1H3. The zero-order chi connectivity index (χ0) is 14.0. The molecule has 1 fully saturated rings. The third kappa shape index (κ3) is 2.64. The quantitative estimate of drug-likeness (QED) is 0.549. The first-order valence-corrected chi connectivity index (χ1v) is 5.94. The second-order valence-corrected chi connectivity index (χ2v) is 4.41. The summed E-state index contributed by atoms with van der Waals surface area (Å²) < 4.78 is 9.99. The molecule has 2 aliphatic rings. The predicted octanol–water partition coefficient (Wildman–Crippen LogP) is -1.30. The number of rotatable bonds is 3. The van der Waals surface area contributed by atoms with Crippen LogP contribution in [0.4, 0.5) is 0 Å². The molecular weight excluding hydrogens is 254 g/mol. The molecule has 4 atom stereocenters. The lowest BCUT2D eigenvalue weighted by Gasteiger charge is -2.28. The Bertz CT molecular complexity index is 407. The maximum absolute atomic E-state index is 11.4. The van der Waals surface area contributed by atoms with Crippen LogP contribution in [-0.4, -0.2) is 64.4 Å². The van der Waals surface area contributed by atoms with E-state index in [1.165, 1.54) is 18.2 Å². The van der Waals surface area contributed by atoms with Gasteiger partial charge in [0.05, 0.1) is 19.3 Å². The molecule has 1 saturated heterocycles. The van der Waals surface area contributed by atoms with Crippen molar-refractivity contribution in [2.24, 2.45) is 0 Å². The minimum absolute atomic E-state index is 0.389. The number of hydrogen-bond donors (Lipinski definition) is 3. The highest BCUT2D eigenvalue weighted by atomic mass is 16.6. The summed E-state index contributed by atoms with van der Waals surface area (Å²) in [6.45, 7) is -0.389. The van der Waals surface area contributed by atoms with Crippen molar-refractivity contribution >= 4 is 5.97 Å². The number of esters is 1. The molecule has 0 spiro atoms. The molecule has 106 valence electrons. The number of carbonyl (C=O) groups excluding carboxylic acids is 1. The van der Waals surface area contributed by atoms with E-state index in [0.717, 1.165) is 0 Å². The molecule has 0 aromatic heterocycles. The normalized spacial score (nSPS) is 34.3. The number of allylic oxidation sites excluding steroid dienone is 1. The molecule has 0 saturated carbocycles. The molecule has 2 aliphatic heterocycles. The first-order chi connectivity index (χ1) is 9.08. The molecule has 2 heterocycles. The lowest BCUT2D eigenvalue weighted by molar-refractivity contribution is -0.136. The highest BCUT2D eigenvalue weighted by molar-refractivity contribution is 5.88. The van der Waals surface area contributed by atoms with E-state index in [9.17, 15) is 15.0 Å². The van der Waals surface area contributed by atoms with Crippen molar-refractivity contribution in [3.05, 3.63) is 24.0 Å². The molecule has 4 unspecified atom stereocenters. The van der Waals surface area contributed by atoms with Crippen LogP contribution >= 0.6 is 0 Å². The number of nitrogens with zero attached hydrogens (tertiary/aromatic N) is 1. The molecule has 7 nitrogen and oxygen atoms in total. The second kappa shape index (κ2) is 5.70. The number of carbonyl (C=O) groups is 1. The van der Waals surface area contributed by atoms with Gasteiger partial charge in [-0.05, 0) is 0 Å². The average molecular weight is 271 g/mol. The van der Waals surface area contributed by atoms with E-state index in [0.29, 0.717) is 12.0 Å². The third-order valence-electron chi connectivity index (χ3n) is 3.18. The average Bonchev–Trinajstić information content (AvgIpc) is 2.74. The molecule has 0 aromatic rings. The summed E-state index contributed by atoms with van der Waals surface area (Å²) in [6, 6.07) is 0. The highest BCUT2D eigenvalue weighted by Gasteiger charge is 2.44. The van der Waals surface area contributed by atoms with E-state index in [4.69, 9.17) is 9.84 Å². The second-order valence-electron chi connectivity index (χ2n) is 4.41. The largest absolute Gasteiger partial charge is 0.466 e. The third-order valence-corrected chi connectivity index (χ3v) is 3.18. The van der Waals surface area contributed by atoms with E-state index in [1.807, 2.05) is 0 Å². The summed E-state index contributed by atoms with van der Waals surface area (Å²) in [4.78, 5) is 12.9. The van der Waals surface area contributed by atoms with Crippen LogP contribution in [-0.2, 0) is 14.3 Å². The van der Waals surface area contributed by atoms with Gasteiger partial charge in [0, 0.05) is 18.8 Å². The van der Waals surface area contributed by atoms with Crippen molar-refractivity contribution in [3.8, 4) is 0 Å². The summed E-state index contributed by atoms with van der Waals surface area (Å²) >= 11 is 0. The van der Waals surface area contributed by atoms with Gasteiger partial charge >= 0.3 is 5.97 Å². The fraction of sp³-hybridized carbons (Fsp3) is 0.583. The fourth-order valence-electron chi connectivity index (χ4n) is 2.13. The van der Waals surface area contributed by atoms with Gasteiger partial charge in [-0.2, -0.15) is 0 Å². The smallest absolute Gasteiger partial charge is 0.335 e. The zero-order valence-corrected chi connectivity index (χ0v) is 10.5. The number of hydrogen-bond acceptors (Lipinski definition) is 7. The molecule has 19 heavy (non-hydrogen) atoms. The van der Waals surface area contributed by atoms with E-state index in [2.05, 4.69) is 4.74 Å². The van der Waals surface area contributed by atoms with Crippen molar-refractivity contribution in [3.63, 3.8) is 0 Å². The minimum atomic E-state index is -1.17. The molecule has 0 radical (unpaired) electrons. The van der Waals surface area contributed by atoms with Crippen molar-refractivity contribution < 1.29 is 29.6 Å². The maximum atomic E-state index is 11.4. The van der Waals surface area contributed by atoms with Crippen LogP contribution in [0.5, 0.6) is 0 Å². The van der Waals surface area contributed by atoms with E-state index < -0.39 is 30.5 Å². The van der Waals surface area contributed by atoms with E-state index in [1.54, 1.807) is 12.3 Å². The van der Waals surface area contributed by atoms with Crippen LogP contribution in [0, 0.1) is 0 Å². The Hall–Kier alpha value is -1.41. The zero-order valence-electron chi connectivity index (χ0n) is 10.5. The van der Waals surface area contributed by atoms with Gasteiger partial charge < -0.3 is 29.7 Å². The van der Waals surface area contributed by atoms with Gasteiger partial charge in [-0.15, -0.1) is 0 Å². The van der Waals surface area contributed by atoms with Crippen LogP contribution in [0.3, 0.4) is 0 Å². The molecular formula is C12H17NO6. The van der Waals surface area contributed by atoms with Crippen LogP contribution in [0.1, 0.15) is 6.42 Å². The Balaban J connectivity index is 2.14. The van der Waals surface area contributed by atoms with Crippen molar-refractivity contribution in [2.75, 3.05) is 13.7 Å². The number of aliphatic hydroxyl groups is 3. The summed E-state index contributed by atoms with van der Waals surface area (Å²) in [7, 11) is 1.29. The molecule has 3 N–H and O–H groups in total. The number of ether oxygens (including phenoxy) is 2. The van der Waals surface area contributed by atoms with Crippen molar-refractivity contribution in [1.29, 1.82) is 0 Å². The topological polar surface area (TPSA) is 99.5 Å². The molecule has 0 aliphatic carbocycles. The predicted molar refractivity (Wildman–Crippen MR) is 63.5 cm³/mol.